The molecule has 4 aromatic rings. The van der Waals surface area contributed by atoms with Crippen LogP contribution in [0.1, 0.15) is 10.4 Å². The number of aromatic carboxylic acids is 1. The Labute approximate surface area is 172 Å². The monoisotopic (exact) mass is 433 g/mol. The van der Waals surface area contributed by atoms with Gasteiger partial charge in [0, 0.05) is 5.56 Å². The van der Waals surface area contributed by atoms with Crippen molar-refractivity contribution in [2.45, 2.75) is 0 Å². The molecule has 0 saturated heterocycles. The summed E-state index contributed by atoms with van der Waals surface area (Å²) in [6.45, 7) is 0. The zero-order chi connectivity index (χ0) is 21.6. The maximum Gasteiger partial charge on any atom is 0.338 e. The van der Waals surface area contributed by atoms with Gasteiger partial charge in [0.1, 0.15) is 22.7 Å². The Kier molecular flexibility index (Phi) is 4.83. The summed E-state index contributed by atoms with van der Waals surface area (Å²) in [5, 5.41) is 13.5. The Bertz CT molecular complexity index is 1300. The highest BCUT2D eigenvalue weighted by Gasteiger charge is 2.25. The van der Waals surface area contributed by atoms with Crippen LogP contribution in [0.15, 0.2) is 42.6 Å². The van der Waals surface area contributed by atoms with Crippen LogP contribution in [0.4, 0.5) is 13.2 Å². The molecule has 0 aliphatic heterocycles. The fourth-order valence-corrected chi connectivity index (χ4v) is 3.35. The van der Waals surface area contributed by atoms with Gasteiger partial charge in [-0.2, -0.15) is 5.10 Å². The van der Waals surface area contributed by atoms with Crippen LogP contribution in [-0.4, -0.2) is 33.0 Å². The maximum atomic E-state index is 14.5. The van der Waals surface area contributed by atoms with Crippen LogP contribution < -0.4 is 4.74 Å². The van der Waals surface area contributed by atoms with Crippen molar-refractivity contribution < 1.29 is 27.8 Å². The minimum Gasteiger partial charge on any atom is -0.480 e. The Morgan fingerprint density at radius 3 is 2.43 bits per heavy atom. The van der Waals surface area contributed by atoms with Gasteiger partial charge in [-0.3, -0.25) is 0 Å². The molecule has 2 aromatic carbocycles. The largest absolute Gasteiger partial charge is 0.480 e. The van der Waals surface area contributed by atoms with E-state index in [1.807, 2.05) is 0 Å². The summed E-state index contributed by atoms with van der Waals surface area (Å²) in [6.07, 6.45) is 1.23. The number of hydrogen-bond acceptors (Lipinski definition) is 4. The highest BCUT2D eigenvalue weighted by Crippen LogP contribution is 2.39. The third-order valence-corrected chi connectivity index (χ3v) is 4.71. The first-order valence-corrected chi connectivity index (χ1v) is 8.80. The van der Waals surface area contributed by atoms with E-state index in [0.717, 1.165) is 28.9 Å². The second-order valence-electron chi connectivity index (χ2n) is 6.17. The van der Waals surface area contributed by atoms with E-state index in [0.29, 0.717) is 0 Å². The van der Waals surface area contributed by atoms with E-state index in [-0.39, 0.29) is 33.1 Å². The van der Waals surface area contributed by atoms with Crippen LogP contribution in [0, 0.1) is 17.5 Å². The van der Waals surface area contributed by atoms with Crippen LogP contribution in [0.2, 0.25) is 5.02 Å². The van der Waals surface area contributed by atoms with Crippen LogP contribution in [0.3, 0.4) is 0 Å². The van der Waals surface area contributed by atoms with Crippen molar-refractivity contribution in [1.29, 1.82) is 0 Å². The van der Waals surface area contributed by atoms with E-state index in [4.69, 9.17) is 21.4 Å². The first-order chi connectivity index (χ1) is 14.3. The third-order valence-electron chi connectivity index (χ3n) is 4.44. The summed E-state index contributed by atoms with van der Waals surface area (Å²) in [5.41, 5.74) is -0.752. The van der Waals surface area contributed by atoms with E-state index in [1.165, 1.54) is 25.4 Å². The van der Waals surface area contributed by atoms with E-state index in [2.05, 4.69) is 10.1 Å². The molecule has 0 bridgehead atoms. The van der Waals surface area contributed by atoms with Crippen molar-refractivity contribution in [3.05, 3.63) is 70.6 Å². The number of carbonyl (C=O) groups is 1. The molecular formula is C20H11ClF3N3O3. The molecule has 0 aliphatic carbocycles. The van der Waals surface area contributed by atoms with Crippen molar-refractivity contribution in [3.8, 4) is 22.8 Å². The number of methoxy groups -OCH3 is 1. The molecule has 0 amide bonds. The Morgan fingerprint density at radius 1 is 1.13 bits per heavy atom. The Morgan fingerprint density at radius 2 is 1.83 bits per heavy atom. The van der Waals surface area contributed by atoms with Crippen molar-refractivity contribution >= 4 is 28.5 Å². The molecule has 0 unspecified atom stereocenters. The van der Waals surface area contributed by atoms with Gasteiger partial charge in [-0.15, -0.1) is 0 Å². The molecule has 0 aliphatic rings. The van der Waals surface area contributed by atoms with Gasteiger partial charge in [-0.05, 0) is 24.3 Å². The summed E-state index contributed by atoms with van der Waals surface area (Å²) in [7, 11) is 1.33. The minimum absolute atomic E-state index is 0.0230. The molecule has 30 heavy (non-hydrogen) atoms. The zero-order valence-electron chi connectivity index (χ0n) is 15.2. The van der Waals surface area contributed by atoms with Crippen LogP contribution in [0.5, 0.6) is 5.88 Å². The quantitative estimate of drug-likeness (QED) is 0.497. The molecule has 0 atom stereocenters. The number of fused-ring (bicyclic) bond motifs is 1. The number of para-hydroxylation sites is 1. The summed E-state index contributed by atoms with van der Waals surface area (Å²) in [4.78, 5) is 15.1. The molecule has 0 fully saturated rings. The van der Waals surface area contributed by atoms with Crippen molar-refractivity contribution in [3.63, 3.8) is 0 Å². The van der Waals surface area contributed by atoms with Crippen LogP contribution in [0.25, 0.3) is 27.8 Å². The maximum absolute atomic E-state index is 14.5. The van der Waals surface area contributed by atoms with E-state index in [9.17, 15) is 18.0 Å². The number of aromatic nitrogens is 3. The SMILES string of the molecule is COc1ncc(Cl)c2c1c(-c1ccc(C(=O)O)c(F)c1)nn2-c1c(F)cccc1F. The van der Waals surface area contributed by atoms with Crippen LogP contribution in [-0.2, 0) is 0 Å². The zero-order valence-corrected chi connectivity index (χ0v) is 15.9. The summed E-state index contributed by atoms with van der Waals surface area (Å²) in [5.74, 6) is -4.20. The normalized spacial score (nSPS) is 11.1. The number of hydrogen-bond donors (Lipinski definition) is 1. The second-order valence-corrected chi connectivity index (χ2v) is 6.58. The number of pyridine rings is 1. The van der Waals surface area contributed by atoms with E-state index < -0.39 is 34.7 Å². The molecule has 2 aromatic heterocycles. The molecular weight excluding hydrogens is 423 g/mol. The topological polar surface area (TPSA) is 77.2 Å². The second kappa shape index (κ2) is 7.34. The number of nitrogens with zero attached hydrogens (tertiary/aromatic N) is 3. The smallest absolute Gasteiger partial charge is 0.338 e. The number of rotatable bonds is 4. The first kappa shape index (κ1) is 19.7. The van der Waals surface area contributed by atoms with Gasteiger partial charge < -0.3 is 9.84 Å². The lowest BCUT2D eigenvalue weighted by molar-refractivity contribution is 0.0692. The molecule has 152 valence electrons. The van der Waals surface area contributed by atoms with E-state index >= 15 is 0 Å². The minimum atomic E-state index is -1.44. The molecule has 10 heteroatoms. The van der Waals surface area contributed by atoms with E-state index in [1.54, 1.807) is 0 Å². The number of carboxylic acid groups (broad SMARTS) is 1. The number of benzene rings is 2. The molecule has 4 rings (SSSR count). The van der Waals surface area contributed by atoms with Gasteiger partial charge in [0.05, 0.1) is 29.3 Å². The molecule has 0 radical (unpaired) electrons. The molecule has 1 N–H and O–H groups in total. The lowest BCUT2D eigenvalue weighted by Crippen LogP contribution is -2.04. The standard InChI is InChI=1S/C20H11ClF3N3O3/c1-30-19-15-16(9-5-6-10(20(28)29)14(24)7-9)26-27(17(15)11(21)8-25-19)18-12(22)3-2-4-13(18)23/h2-8H,1H3,(H,28,29). The average molecular weight is 434 g/mol. The van der Waals surface area contributed by atoms with Crippen molar-refractivity contribution in [2.24, 2.45) is 0 Å². The summed E-state index contributed by atoms with van der Waals surface area (Å²) >= 11 is 6.27. The van der Waals surface area contributed by atoms with Gasteiger partial charge in [0.2, 0.25) is 5.88 Å². The lowest BCUT2D eigenvalue weighted by Gasteiger charge is -2.08. The fraction of sp³-hybridized carbons (Fsp3) is 0.0500. The Hall–Kier alpha value is -3.59. The summed E-state index contributed by atoms with van der Waals surface area (Å²) in [6, 6.07) is 6.64. The first-order valence-electron chi connectivity index (χ1n) is 8.42. The van der Waals surface area contributed by atoms with Crippen molar-refractivity contribution in [1.82, 2.24) is 14.8 Å². The molecule has 6 nitrogen and oxygen atoms in total. The van der Waals surface area contributed by atoms with Crippen molar-refractivity contribution in [2.75, 3.05) is 7.11 Å². The highest BCUT2D eigenvalue weighted by molar-refractivity contribution is 6.35. The van der Waals surface area contributed by atoms with Gasteiger partial charge in [0.15, 0.2) is 11.6 Å². The van der Waals surface area contributed by atoms with Gasteiger partial charge in [-0.25, -0.2) is 27.6 Å². The fourth-order valence-electron chi connectivity index (χ4n) is 3.13. The van der Waals surface area contributed by atoms with Gasteiger partial charge >= 0.3 is 5.97 Å². The Balaban J connectivity index is 2.11. The third kappa shape index (κ3) is 3.03. The highest BCUT2D eigenvalue weighted by atomic mass is 35.5. The molecule has 2 heterocycles. The van der Waals surface area contributed by atoms with Crippen LogP contribution >= 0.6 is 11.6 Å². The predicted octanol–water partition coefficient (Wildman–Crippen LogP) is 4.87. The number of halogens is 4. The predicted molar refractivity (Wildman–Crippen MR) is 103 cm³/mol. The average Bonchev–Trinajstić information content (AvgIpc) is 3.09. The summed E-state index contributed by atoms with van der Waals surface area (Å²) < 4.78 is 49.5. The number of ether oxygens (including phenoxy) is 1. The molecule has 0 saturated carbocycles. The lowest BCUT2D eigenvalue weighted by atomic mass is 10.1. The molecule has 0 spiro atoms. The van der Waals surface area contributed by atoms with Gasteiger partial charge in [-0.1, -0.05) is 23.7 Å². The number of carboxylic acids is 1. The van der Waals surface area contributed by atoms with Gasteiger partial charge in [0.25, 0.3) is 0 Å².